The van der Waals surface area contributed by atoms with Gasteiger partial charge in [0.25, 0.3) is 0 Å². The second-order valence-electron chi connectivity index (χ2n) is 4.96. The van der Waals surface area contributed by atoms with E-state index in [-0.39, 0.29) is 23.4 Å². The lowest BCUT2D eigenvalue weighted by atomic mass is 10.1. The van der Waals surface area contributed by atoms with Gasteiger partial charge in [-0.3, -0.25) is 5.10 Å². The zero-order chi connectivity index (χ0) is 15.3. The van der Waals surface area contributed by atoms with Crippen molar-refractivity contribution in [3.05, 3.63) is 11.4 Å². The summed E-state index contributed by atoms with van der Waals surface area (Å²) >= 11 is 0. The number of nitrogens with zero attached hydrogens (tertiary/aromatic N) is 1. The SMILES string of the molecule is CCOCC(NS(=O)(=O)c1c(CN)n[nH]c1C)C(C)C. The van der Waals surface area contributed by atoms with Crippen molar-refractivity contribution in [1.29, 1.82) is 0 Å². The third-order valence-corrected chi connectivity index (χ3v) is 4.73. The van der Waals surface area contributed by atoms with Crippen LogP contribution in [0.5, 0.6) is 0 Å². The lowest BCUT2D eigenvalue weighted by Crippen LogP contribution is -2.42. The molecule has 0 saturated heterocycles. The number of hydrogen-bond donors (Lipinski definition) is 3. The number of hydrogen-bond acceptors (Lipinski definition) is 5. The summed E-state index contributed by atoms with van der Waals surface area (Å²) in [6, 6.07) is -0.292. The van der Waals surface area contributed by atoms with Crippen molar-refractivity contribution in [3.8, 4) is 0 Å². The van der Waals surface area contributed by atoms with Gasteiger partial charge in [-0.2, -0.15) is 5.10 Å². The second kappa shape index (κ2) is 7.16. The smallest absolute Gasteiger partial charge is 0.244 e. The highest BCUT2D eigenvalue weighted by atomic mass is 32.2. The molecule has 0 aromatic carbocycles. The van der Waals surface area contributed by atoms with E-state index in [9.17, 15) is 8.42 Å². The molecule has 0 amide bonds. The molecule has 1 heterocycles. The van der Waals surface area contributed by atoms with E-state index in [4.69, 9.17) is 10.5 Å². The van der Waals surface area contributed by atoms with Crippen LogP contribution in [0, 0.1) is 12.8 Å². The molecule has 1 aromatic rings. The van der Waals surface area contributed by atoms with E-state index in [2.05, 4.69) is 14.9 Å². The van der Waals surface area contributed by atoms with Gasteiger partial charge in [0.15, 0.2) is 0 Å². The molecule has 1 aromatic heterocycles. The molecule has 0 spiro atoms. The van der Waals surface area contributed by atoms with Gasteiger partial charge in [0.2, 0.25) is 10.0 Å². The number of rotatable bonds is 8. The lowest BCUT2D eigenvalue weighted by molar-refractivity contribution is 0.116. The predicted octanol–water partition coefficient (Wildman–Crippen LogP) is 0.516. The molecule has 20 heavy (non-hydrogen) atoms. The van der Waals surface area contributed by atoms with Crippen LogP contribution in [0.4, 0.5) is 0 Å². The van der Waals surface area contributed by atoms with Gasteiger partial charge < -0.3 is 10.5 Å². The molecule has 4 N–H and O–H groups in total. The molecule has 0 aliphatic carbocycles. The molecule has 0 radical (unpaired) electrons. The van der Waals surface area contributed by atoms with E-state index in [1.165, 1.54) is 0 Å². The zero-order valence-electron chi connectivity index (χ0n) is 12.4. The first kappa shape index (κ1) is 17.1. The average molecular weight is 304 g/mol. The fourth-order valence-corrected chi connectivity index (χ4v) is 3.57. The average Bonchev–Trinajstić information content (AvgIpc) is 2.76. The van der Waals surface area contributed by atoms with Gasteiger partial charge in [-0.05, 0) is 19.8 Å². The second-order valence-corrected chi connectivity index (χ2v) is 6.61. The van der Waals surface area contributed by atoms with Crippen molar-refractivity contribution in [2.75, 3.05) is 13.2 Å². The van der Waals surface area contributed by atoms with Crippen LogP contribution >= 0.6 is 0 Å². The highest BCUT2D eigenvalue weighted by Gasteiger charge is 2.27. The highest BCUT2D eigenvalue weighted by Crippen LogP contribution is 2.18. The molecule has 116 valence electrons. The summed E-state index contributed by atoms with van der Waals surface area (Å²) in [4.78, 5) is 0.141. The molecule has 8 heteroatoms. The van der Waals surface area contributed by atoms with E-state index in [0.717, 1.165) is 0 Å². The Kier molecular flexibility index (Phi) is 6.12. The fourth-order valence-electron chi connectivity index (χ4n) is 1.83. The van der Waals surface area contributed by atoms with Crippen LogP contribution in [-0.2, 0) is 21.3 Å². The molecule has 0 fully saturated rings. The van der Waals surface area contributed by atoms with Crippen molar-refractivity contribution < 1.29 is 13.2 Å². The summed E-state index contributed by atoms with van der Waals surface area (Å²) in [7, 11) is -3.67. The highest BCUT2D eigenvalue weighted by molar-refractivity contribution is 7.89. The molecule has 1 unspecified atom stereocenters. The number of ether oxygens (including phenoxy) is 1. The molecule has 1 rings (SSSR count). The maximum absolute atomic E-state index is 12.5. The van der Waals surface area contributed by atoms with Crippen LogP contribution in [0.3, 0.4) is 0 Å². The van der Waals surface area contributed by atoms with Gasteiger partial charge in [0, 0.05) is 19.2 Å². The van der Waals surface area contributed by atoms with Crippen molar-refractivity contribution in [1.82, 2.24) is 14.9 Å². The first-order valence-corrected chi connectivity index (χ1v) is 8.15. The Labute approximate surface area is 120 Å². The summed E-state index contributed by atoms with van der Waals surface area (Å²) in [5, 5.41) is 6.57. The molecular weight excluding hydrogens is 280 g/mol. The maximum Gasteiger partial charge on any atom is 0.244 e. The minimum atomic E-state index is -3.67. The van der Waals surface area contributed by atoms with Crippen LogP contribution in [0.1, 0.15) is 32.2 Å². The van der Waals surface area contributed by atoms with E-state index in [1.54, 1.807) is 6.92 Å². The Morgan fingerprint density at radius 3 is 2.60 bits per heavy atom. The van der Waals surface area contributed by atoms with Crippen LogP contribution in [0.25, 0.3) is 0 Å². The number of H-pyrrole nitrogens is 1. The molecular formula is C12H24N4O3S. The number of aryl methyl sites for hydroxylation is 1. The van der Waals surface area contributed by atoms with Crippen LogP contribution < -0.4 is 10.5 Å². The quantitative estimate of drug-likeness (QED) is 0.648. The van der Waals surface area contributed by atoms with Gasteiger partial charge in [-0.25, -0.2) is 13.1 Å². The normalized spacial score (nSPS) is 13.9. The summed E-state index contributed by atoms with van der Waals surface area (Å²) in [5.41, 5.74) is 6.36. The largest absolute Gasteiger partial charge is 0.380 e. The number of aromatic nitrogens is 2. The fraction of sp³-hybridized carbons (Fsp3) is 0.750. The third-order valence-electron chi connectivity index (χ3n) is 3.04. The lowest BCUT2D eigenvalue weighted by Gasteiger charge is -2.22. The summed E-state index contributed by atoms with van der Waals surface area (Å²) in [6.45, 7) is 8.37. The Bertz CT molecular complexity index is 525. The number of nitrogens with two attached hydrogens (primary N) is 1. The van der Waals surface area contributed by atoms with Crippen molar-refractivity contribution >= 4 is 10.0 Å². The zero-order valence-corrected chi connectivity index (χ0v) is 13.3. The standard InChI is InChI=1S/C12H24N4O3S/c1-5-19-7-11(8(2)3)16-20(17,18)12-9(4)14-15-10(12)6-13/h8,11,16H,5-7,13H2,1-4H3,(H,14,15). The van der Waals surface area contributed by atoms with Crippen LogP contribution in [-0.4, -0.2) is 37.9 Å². The number of nitrogens with one attached hydrogen (secondary N) is 2. The van der Waals surface area contributed by atoms with E-state index >= 15 is 0 Å². The van der Waals surface area contributed by atoms with E-state index in [1.807, 2.05) is 20.8 Å². The Morgan fingerprint density at radius 2 is 2.10 bits per heavy atom. The van der Waals surface area contributed by atoms with Gasteiger partial charge in [-0.15, -0.1) is 0 Å². The van der Waals surface area contributed by atoms with Crippen molar-refractivity contribution in [3.63, 3.8) is 0 Å². The van der Waals surface area contributed by atoms with Gasteiger partial charge in [-0.1, -0.05) is 13.8 Å². The molecule has 0 saturated carbocycles. The molecule has 1 atom stereocenters. The summed E-state index contributed by atoms with van der Waals surface area (Å²) in [6.07, 6.45) is 0. The predicted molar refractivity (Wildman–Crippen MR) is 76.7 cm³/mol. The Hall–Kier alpha value is -0.960. The molecule has 7 nitrogen and oxygen atoms in total. The van der Waals surface area contributed by atoms with Crippen LogP contribution in [0.2, 0.25) is 0 Å². The minimum Gasteiger partial charge on any atom is -0.380 e. The number of aromatic amines is 1. The van der Waals surface area contributed by atoms with Gasteiger partial charge in [0.1, 0.15) is 4.90 Å². The van der Waals surface area contributed by atoms with Gasteiger partial charge >= 0.3 is 0 Å². The molecule has 0 aliphatic rings. The first-order chi connectivity index (χ1) is 9.33. The third kappa shape index (κ3) is 4.02. The monoisotopic (exact) mass is 304 g/mol. The number of sulfonamides is 1. The van der Waals surface area contributed by atoms with Crippen molar-refractivity contribution in [2.24, 2.45) is 11.7 Å². The van der Waals surface area contributed by atoms with E-state index < -0.39 is 10.0 Å². The van der Waals surface area contributed by atoms with Gasteiger partial charge in [0.05, 0.1) is 18.0 Å². The maximum atomic E-state index is 12.5. The Morgan fingerprint density at radius 1 is 1.45 bits per heavy atom. The van der Waals surface area contributed by atoms with Crippen molar-refractivity contribution in [2.45, 2.75) is 45.2 Å². The van der Waals surface area contributed by atoms with Crippen LogP contribution in [0.15, 0.2) is 4.90 Å². The topological polar surface area (TPSA) is 110 Å². The molecule has 0 aliphatic heterocycles. The first-order valence-electron chi connectivity index (χ1n) is 6.67. The summed E-state index contributed by atoms with van der Waals surface area (Å²) in [5.74, 6) is 0.116. The minimum absolute atomic E-state index is 0.0678. The van der Waals surface area contributed by atoms with E-state index in [0.29, 0.717) is 24.6 Å². The Balaban J connectivity index is 3.00. The molecule has 0 bridgehead atoms. The summed E-state index contributed by atoms with van der Waals surface area (Å²) < 4.78 is 33.0.